The van der Waals surface area contributed by atoms with Gasteiger partial charge in [0.25, 0.3) is 10.1 Å². The molecule has 1 N–H and O–H groups in total. The standard InChI is InChI=1S/C12H8N2.C2H6O3S/c1-2-6-10-9(5-1)13-11-7-3-4-8-12(11)14-10;1-2-6(3,4)5/h1-8H;2H2,1H3,(H,3,4,5). The van der Waals surface area contributed by atoms with Gasteiger partial charge in [0.2, 0.25) is 0 Å². The largest absolute Gasteiger partial charge is 0.286 e. The summed E-state index contributed by atoms with van der Waals surface area (Å²) < 4.78 is 26.9. The Labute approximate surface area is 117 Å². The minimum atomic E-state index is -3.66. The molecule has 104 valence electrons. The third kappa shape index (κ3) is 3.72. The van der Waals surface area contributed by atoms with Gasteiger partial charge in [0, 0.05) is 0 Å². The summed E-state index contributed by atoms with van der Waals surface area (Å²) in [5, 5.41) is 0. The van der Waals surface area contributed by atoms with Crippen molar-refractivity contribution in [1.82, 2.24) is 9.97 Å². The van der Waals surface area contributed by atoms with E-state index in [9.17, 15) is 8.42 Å². The van der Waals surface area contributed by atoms with Crippen molar-refractivity contribution >= 4 is 32.2 Å². The fraction of sp³-hybridized carbons (Fsp3) is 0.143. The Bertz CT molecular complexity index is 727. The molecule has 6 heteroatoms. The third-order valence-electron chi connectivity index (χ3n) is 2.61. The molecule has 0 aliphatic heterocycles. The molecule has 0 bridgehead atoms. The summed E-state index contributed by atoms with van der Waals surface area (Å²) in [5.41, 5.74) is 3.80. The van der Waals surface area contributed by atoms with Crippen LogP contribution in [-0.2, 0) is 10.1 Å². The second-order valence-electron chi connectivity index (χ2n) is 4.07. The molecule has 3 rings (SSSR count). The highest BCUT2D eigenvalue weighted by Gasteiger charge is 1.98. The second kappa shape index (κ2) is 5.94. The fourth-order valence-corrected chi connectivity index (χ4v) is 1.57. The van der Waals surface area contributed by atoms with Crippen molar-refractivity contribution in [3.8, 4) is 0 Å². The normalized spacial score (nSPS) is 11.1. The quantitative estimate of drug-likeness (QED) is 0.550. The van der Waals surface area contributed by atoms with Crippen molar-refractivity contribution in [3.05, 3.63) is 48.5 Å². The first kappa shape index (κ1) is 14.4. The van der Waals surface area contributed by atoms with Crippen LogP contribution in [0.25, 0.3) is 22.1 Å². The van der Waals surface area contributed by atoms with Crippen LogP contribution in [0.15, 0.2) is 48.5 Å². The number of rotatable bonds is 1. The lowest BCUT2D eigenvalue weighted by atomic mass is 10.2. The molecule has 0 amide bonds. The predicted molar refractivity (Wildman–Crippen MR) is 79.1 cm³/mol. The molecule has 20 heavy (non-hydrogen) atoms. The van der Waals surface area contributed by atoms with E-state index in [1.165, 1.54) is 6.92 Å². The Kier molecular flexibility index (Phi) is 4.26. The number of hydrogen-bond donors (Lipinski definition) is 1. The van der Waals surface area contributed by atoms with Gasteiger partial charge < -0.3 is 0 Å². The second-order valence-corrected chi connectivity index (χ2v) is 5.81. The van der Waals surface area contributed by atoms with Gasteiger partial charge in [0.1, 0.15) is 0 Å². The van der Waals surface area contributed by atoms with Gasteiger partial charge in [-0.2, -0.15) is 8.42 Å². The minimum Gasteiger partial charge on any atom is -0.286 e. The molecule has 0 fully saturated rings. The molecule has 0 spiro atoms. The van der Waals surface area contributed by atoms with Gasteiger partial charge in [0.15, 0.2) is 0 Å². The van der Waals surface area contributed by atoms with Crippen molar-refractivity contribution < 1.29 is 13.0 Å². The van der Waals surface area contributed by atoms with E-state index in [1.807, 2.05) is 48.5 Å². The van der Waals surface area contributed by atoms with Crippen LogP contribution in [-0.4, -0.2) is 28.7 Å². The Hall–Kier alpha value is -2.05. The van der Waals surface area contributed by atoms with E-state index < -0.39 is 10.1 Å². The Morgan fingerprint density at radius 2 is 1.10 bits per heavy atom. The van der Waals surface area contributed by atoms with Crippen LogP contribution in [0.3, 0.4) is 0 Å². The van der Waals surface area contributed by atoms with E-state index in [4.69, 9.17) is 4.55 Å². The highest BCUT2D eigenvalue weighted by atomic mass is 32.2. The number of para-hydroxylation sites is 4. The molecule has 0 unspecified atom stereocenters. The van der Waals surface area contributed by atoms with Gasteiger partial charge >= 0.3 is 0 Å². The molecule has 5 nitrogen and oxygen atoms in total. The molecule has 0 radical (unpaired) electrons. The average molecular weight is 290 g/mol. The van der Waals surface area contributed by atoms with Gasteiger partial charge in [0.05, 0.1) is 27.8 Å². The fourth-order valence-electron chi connectivity index (χ4n) is 1.57. The van der Waals surface area contributed by atoms with E-state index in [2.05, 4.69) is 9.97 Å². The minimum absolute atomic E-state index is 0.201. The molecule has 2 aromatic carbocycles. The summed E-state index contributed by atoms with van der Waals surface area (Å²) in [6.07, 6.45) is 0. The summed E-state index contributed by atoms with van der Waals surface area (Å²) in [6, 6.07) is 15.8. The third-order valence-corrected chi connectivity index (χ3v) is 3.34. The highest BCUT2D eigenvalue weighted by Crippen LogP contribution is 2.14. The first-order valence-electron chi connectivity index (χ1n) is 6.06. The van der Waals surface area contributed by atoms with Gasteiger partial charge in [-0.25, -0.2) is 9.97 Å². The van der Waals surface area contributed by atoms with Gasteiger partial charge in [-0.15, -0.1) is 0 Å². The molecule has 0 aliphatic carbocycles. The lowest BCUT2D eigenvalue weighted by molar-refractivity contribution is 0.484. The zero-order valence-electron chi connectivity index (χ0n) is 10.9. The topological polar surface area (TPSA) is 80.2 Å². The van der Waals surface area contributed by atoms with E-state index in [-0.39, 0.29) is 5.75 Å². The maximum absolute atomic E-state index is 9.56. The van der Waals surface area contributed by atoms with Crippen LogP contribution >= 0.6 is 0 Å². The SMILES string of the molecule is CCS(=O)(=O)O.c1ccc2nc3ccccc3nc2c1. The number of benzene rings is 2. The predicted octanol–water partition coefficient (Wildman–Crippen LogP) is 2.68. The molecule has 0 saturated carbocycles. The molecule has 3 aromatic rings. The lowest BCUT2D eigenvalue weighted by Gasteiger charge is -1.98. The van der Waals surface area contributed by atoms with Crippen LogP contribution in [0.1, 0.15) is 6.92 Å². The molecule has 0 atom stereocenters. The Morgan fingerprint density at radius 1 is 0.850 bits per heavy atom. The Morgan fingerprint density at radius 3 is 1.30 bits per heavy atom. The van der Waals surface area contributed by atoms with Crippen LogP contribution < -0.4 is 0 Å². The Balaban J connectivity index is 0.000000212. The first-order chi connectivity index (χ1) is 9.49. The van der Waals surface area contributed by atoms with Crippen LogP contribution in [0.5, 0.6) is 0 Å². The van der Waals surface area contributed by atoms with Crippen molar-refractivity contribution in [2.45, 2.75) is 6.92 Å². The van der Waals surface area contributed by atoms with Crippen molar-refractivity contribution in [2.24, 2.45) is 0 Å². The van der Waals surface area contributed by atoms with Gasteiger partial charge in [-0.3, -0.25) is 4.55 Å². The zero-order valence-corrected chi connectivity index (χ0v) is 11.7. The van der Waals surface area contributed by atoms with E-state index in [0.29, 0.717) is 0 Å². The maximum Gasteiger partial charge on any atom is 0.264 e. The number of nitrogens with zero attached hydrogens (tertiary/aromatic N) is 2. The molecular formula is C14H14N2O3S. The smallest absolute Gasteiger partial charge is 0.264 e. The van der Waals surface area contributed by atoms with Gasteiger partial charge in [-0.1, -0.05) is 24.3 Å². The van der Waals surface area contributed by atoms with Crippen molar-refractivity contribution in [3.63, 3.8) is 0 Å². The average Bonchev–Trinajstić information content (AvgIpc) is 2.45. The van der Waals surface area contributed by atoms with E-state index in [1.54, 1.807) is 0 Å². The van der Waals surface area contributed by atoms with Gasteiger partial charge in [-0.05, 0) is 31.2 Å². The van der Waals surface area contributed by atoms with Crippen LogP contribution in [0.4, 0.5) is 0 Å². The van der Waals surface area contributed by atoms with E-state index >= 15 is 0 Å². The maximum atomic E-state index is 9.56. The molecular weight excluding hydrogens is 276 g/mol. The molecule has 1 aromatic heterocycles. The van der Waals surface area contributed by atoms with Crippen LogP contribution in [0.2, 0.25) is 0 Å². The summed E-state index contributed by atoms with van der Waals surface area (Å²) >= 11 is 0. The summed E-state index contributed by atoms with van der Waals surface area (Å²) in [6.45, 7) is 1.37. The highest BCUT2D eigenvalue weighted by molar-refractivity contribution is 7.85. The first-order valence-corrected chi connectivity index (χ1v) is 7.67. The van der Waals surface area contributed by atoms with Crippen molar-refractivity contribution in [2.75, 3.05) is 5.75 Å². The zero-order chi connectivity index (χ0) is 14.6. The summed E-state index contributed by atoms with van der Waals surface area (Å²) in [7, 11) is -3.66. The summed E-state index contributed by atoms with van der Waals surface area (Å²) in [4.78, 5) is 9.03. The summed E-state index contributed by atoms with van der Waals surface area (Å²) in [5.74, 6) is -0.201. The number of fused-ring (bicyclic) bond motifs is 2. The lowest BCUT2D eigenvalue weighted by Crippen LogP contribution is -1.97. The molecule has 0 aliphatic rings. The number of aromatic nitrogens is 2. The van der Waals surface area contributed by atoms with E-state index in [0.717, 1.165) is 22.1 Å². The molecule has 0 saturated heterocycles. The monoisotopic (exact) mass is 290 g/mol. The number of hydrogen-bond acceptors (Lipinski definition) is 4. The van der Waals surface area contributed by atoms with Crippen molar-refractivity contribution in [1.29, 1.82) is 0 Å². The van der Waals surface area contributed by atoms with Crippen LogP contribution in [0, 0.1) is 0 Å². The molecule has 1 heterocycles.